The summed E-state index contributed by atoms with van der Waals surface area (Å²) in [7, 11) is 0. The summed E-state index contributed by atoms with van der Waals surface area (Å²) >= 11 is 0. The van der Waals surface area contributed by atoms with Gasteiger partial charge in [0, 0.05) is 18.1 Å². The largest absolute Gasteiger partial charge is 0.480 e. The van der Waals surface area contributed by atoms with Crippen molar-refractivity contribution < 1.29 is 14.7 Å². The average Bonchev–Trinajstić information content (AvgIpc) is 3.03. The molecule has 1 N–H and O–H groups in total. The topological polar surface area (TPSA) is 60.9 Å². The Kier molecular flexibility index (Phi) is 4.59. The molecule has 1 fully saturated rings. The summed E-state index contributed by atoms with van der Waals surface area (Å²) in [5.74, 6) is -0.967. The molecule has 1 saturated carbocycles. The fourth-order valence-electron chi connectivity index (χ4n) is 1.94. The molecule has 0 bridgehead atoms. The molecule has 0 aliphatic heterocycles. The Morgan fingerprint density at radius 3 is 2.17 bits per heavy atom. The lowest BCUT2D eigenvalue weighted by atomic mass is 10.1. The lowest BCUT2D eigenvalue weighted by molar-refractivity contribution is -0.138. The maximum absolute atomic E-state index is 12.5. The number of rotatable bonds is 5. The van der Waals surface area contributed by atoms with Gasteiger partial charge in [-0.25, -0.2) is 4.79 Å². The standard InChI is InChI=1S/C13H24N2O3/c1-5-8-14(10-6-7-10)12(18)15(9-11(16)17)13(2,3)4/h10H,5-9H2,1-4H3,(H,16,17). The molecule has 1 rings (SSSR count). The molecule has 0 radical (unpaired) electrons. The Morgan fingerprint density at radius 1 is 1.28 bits per heavy atom. The highest BCUT2D eigenvalue weighted by Gasteiger charge is 2.38. The minimum absolute atomic E-state index is 0.144. The van der Waals surface area contributed by atoms with Crippen LogP contribution in [0.25, 0.3) is 0 Å². The van der Waals surface area contributed by atoms with Crippen molar-refractivity contribution in [3.05, 3.63) is 0 Å². The van der Waals surface area contributed by atoms with E-state index in [4.69, 9.17) is 5.11 Å². The highest BCUT2D eigenvalue weighted by Crippen LogP contribution is 2.29. The van der Waals surface area contributed by atoms with Gasteiger partial charge >= 0.3 is 12.0 Å². The third-order valence-electron chi connectivity index (χ3n) is 3.03. The van der Waals surface area contributed by atoms with E-state index in [1.54, 1.807) is 0 Å². The van der Waals surface area contributed by atoms with E-state index in [-0.39, 0.29) is 12.6 Å². The number of hydrogen-bond acceptors (Lipinski definition) is 2. The fourth-order valence-corrected chi connectivity index (χ4v) is 1.94. The second-order valence-electron chi connectivity index (χ2n) is 5.86. The lowest BCUT2D eigenvalue weighted by Crippen LogP contribution is -2.54. The molecular weight excluding hydrogens is 232 g/mol. The first-order valence-corrected chi connectivity index (χ1v) is 6.57. The van der Waals surface area contributed by atoms with Gasteiger partial charge in [-0.15, -0.1) is 0 Å². The second-order valence-corrected chi connectivity index (χ2v) is 5.86. The molecule has 5 nitrogen and oxygen atoms in total. The summed E-state index contributed by atoms with van der Waals surface area (Å²) in [4.78, 5) is 26.7. The molecule has 0 unspecified atom stereocenters. The van der Waals surface area contributed by atoms with Crippen LogP contribution in [-0.4, -0.2) is 51.6 Å². The highest BCUT2D eigenvalue weighted by atomic mass is 16.4. The van der Waals surface area contributed by atoms with Crippen molar-refractivity contribution >= 4 is 12.0 Å². The van der Waals surface area contributed by atoms with Crippen LogP contribution in [-0.2, 0) is 4.79 Å². The number of amides is 2. The summed E-state index contributed by atoms with van der Waals surface area (Å²) in [5, 5.41) is 8.95. The van der Waals surface area contributed by atoms with Crippen LogP contribution in [0.4, 0.5) is 4.79 Å². The Hall–Kier alpha value is -1.26. The van der Waals surface area contributed by atoms with E-state index >= 15 is 0 Å². The van der Waals surface area contributed by atoms with E-state index < -0.39 is 11.5 Å². The van der Waals surface area contributed by atoms with Crippen LogP contribution in [0.3, 0.4) is 0 Å². The normalized spacial score (nSPS) is 15.3. The summed E-state index contributed by atoms with van der Waals surface area (Å²) in [6.07, 6.45) is 2.97. The number of carbonyl (C=O) groups excluding carboxylic acids is 1. The first-order chi connectivity index (χ1) is 8.27. The van der Waals surface area contributed by atoms with Crippen LogP contribution in [0, 0.1) is 0 Å². The third kappa shape index (κ3) is 3.89. The molecule has 0 spiro atoms. The Labute approximate surface area is 109 Å². The van der Waals surface area contributed by atoms with Crippen molar-refractivity contribution in [2.24, 2.45) is 0 Å². The first kappa shape index (κ1) is 14.8. The predicted molar refractivity (Wildman–Crippen MR) is 69.5 cm³/mol. The van der Waals surface area contributed by atoms with Crippen molar-refractivity contribution in [3.8, 4) is 0 Å². The Balaban J connectivity index is 2.82. The van der Waals surface area contributed by atoms with Gasteiger partial charge in [0.05, 0.1) is 0 Å². The van der Waals surface area contributed by atoms with E-state index in [2.05, 4.69) is 0 Å². The van der Waals surface area contributed by atoms with E-state index in [9.17, 15) is 9.59 Å². The molecule has 1 aliphatic rings. The molecule has 0 saturated heterocycles. The van der Waals surface area contributed by atoms with E-state index in [1.807, 2.05) is 32.6 Å². The van der Waals surface area contributed by atoms with Crippen LogP contribution < -0.4 is 0 Å². The number of nitrogens with zero attached hydrogens (tertiary/aromatic N) is 2. The Bertz CT molecular complexity index is 319. The molecule has 0 aromatic heterocycles. The molecule has 0 atom stereocenters. The van der Waals surface area contributed by atoms with Crippen LogP contribution in [0.1, 0.15) is 47.0 Å². The number of carboxylic acid groups (broad SMARTS) is 1. The van der Waals surface area contributed by atoms with E-state index in [1.165, 1.54) is 4.90 Å². The second kappa shape index (κ2) is 5.59. The quantitative estimate of drug-likeness (QED) is 0.820. The zero-order valence-corrected chi connectivity index (χ0v) is 11.8. The van der Waals surface area contributed by atoms with Gasteiger partial charge in [0.1, 0.15) is 6.54 Å². The molecular formula is C13H24N2O3. The minimum atomic E-state index is -0.967. The molecule has 1 aliphatic carbocycles. The third-order valence-corrected chi connectivity index (χ3v) is 3.03. The summed E-state index contributed by atoms with van der Waals surface area (Å²) < 4.78 is 0. The highest BCUT2D eigenvalue weighted by molar-refractivity contribution is 5.81. The van der Waals surface area contributed by atoms with Gasteiger partial charge in [0.15, 0.2) is 0 Å². The molecule has 0 aromatic carbocycles. The van der Waals surface area contributed by atoms with Crippen molar-refractivity contribution in [1.82, 2.24) is 9.80 Å². The van der Waals surface area contributed by atoms with E-state index in [0.717, 1.165) is 19.3 Å². The van der Waals surface area contributed by atoms with Crippen molar-refractivity contribution in [2.45, 2.75) is 58.5 Å². The molecule has 5 heteroatoms. The number of carboxylic acids is 1. The van der Waals surface area contributed by atoms with Crippen molar-refractivity contribution in [3.63, 3.8) is 0 Å². The lowest BCUT2D eigenvalue weighted by Gasteiger charge is -2.38. The zero-order valence-electron chi connectivity index (χ0n) is 11.8. The number of urea groups is 1. The van der Waals surface area contributed by atoms with Gasteiger partial charge in [-0.1, -0.05) is 6.92 Å². The SMILES string of the molecule is CCCN(C(=O)N(CC(=O)O)C(C)(C)C)C1CC1. The first-order valence-electron chi connectivity index (χ1n) is 6.57. The van der Waals surface area contributed by atoms with Crippen LogP contribution >= 0.6 is 0 Å². The number of hydrogen-bond donors (Lipinski definition) is 1. The molecule has 0 aromatic rings. The Morgan fingerprint density at radius 2 is 1.83 bits per heavy atom. The maximum Gasteiger partial charge on any atom is 0.323 e. The summed E-state index contributed by atoms with van der Waals surface area (Å²) in [6, 6.07) is 0.172. The molecule has 0 heterocycles. The van der Waals surface area contributed by atoms with Gasteiger partial charge in [-0.2, -0.15) is 0 Å². The summed E-state index contributed by atoms with van der Waals surface area (Å²) in [5.41, 5.74) is -0.476. The average molecular weight is 256 g/mol. The fraction of sp³-hybridized carbons (Fsp3) is 0.846. The van der Waals surface area contributed by atoms with Gasteiger partial charge in [-0.3, -0.25) is 4.79 Å². The van der Waals surface area contributed by atoms with Crippen molar-refractivity contribution in [2.75, 3.05) is 13.1 Å². The molecule has 2 amide bonds. The number of carbonyl (C=O) groups is 2. The van der Waals surface area contributed by atoms with Gasteiger partial charge in [0.2, 0.25) is 0 Å². The van der Waals surface area contributed by atoms with Gasteiger partial charge < -0.3 is 14.9 Å². The van der Waals surface area contributed by atoms with Crippen molar-refractivity contribution in [1.29, 1.82) is 0 Å². The maximum atomic E-state index is 12.5. The minimum Gasteiger partial charge on any atom is -0.480 e. The molecule has 18 heavy (non-hydrogen) atoms. The monoisotopic (exact) mass is 256 g/mol. The van der Waals surface area contributed by atoms with Gasteiger partial charge in [0.25, 0.3) is 0 Å². The smallest absolute Gasteiger partial charge is 0.323 e. The molecule has 104 valence electrons. The number of aliphatic carboxylic acids is 1. The predicted octanol–water partition coefficient (Wildman–Crippen LogP) is 2.17. The van der Waals surface area contributed by atoms with Crippen LogP contribution in [0.5, 0.6) is 0 Å². The zero-order chi connectivity index (χ0) is 13.9. The van der Waals surface area contributed by atoms with E-state index in [0.29, 0.717) is 12.6 Å². The summed E-state index contributed by atoms with van der Waals surface area (Å²) in [6.45, 7) is 8.09. The van der Waals surface area contributed by atoms with Crippen LogP contribution in [0.15, 0.2) is 0 Å². The van der Waals surface area contributed by atoms with Gasteiger partial charge in [-0.05, 0) is 40.0 Å². The van der Waals surface area contributed by atoms with Crippen LogP contribution in [0.2, 0.25) is 0 Å².